The maximum Gasteiger partial charge on any atom is 0.191 e. The number of aromatic nitrogens is 1. The van der Waals surface area contributed by atoms with Crippen molar-refractivity contribution in [2.24, 2.45) is 4.99 Å². The smallest absolute Gasteiger partial charge is 0.191 e. The van der Waals surface area contributed by atoms with Gasteiger partial charge >= 0.3 is 0 Å². The molecule has 2 aromatic rings. The zero-order valence-electron chi connectivity index (χ0n) is 13.4. The van der Waals surface area contributed by atoms with Crippen molar-refractivity contribution in [3.05, 3.63) is 47.0 Å². The van der Waals surface area contributed by atoms with Crippen LogP contribution < -0.4 is 10.6 Å². The zero-order valence-corrected chi connectivity index (χ0v) is 15.0. The Labute approximate surface area is 148 Å². The molecule has 1 aromatic heterocycles. The van der Waals surface area contributed by atoms with E-state index in [1.807, 2.05) is 12.3 Å². The van der Waals surface area contributed by atoms with E-state index >= 15 is 0 Å². The first-order valence-electron chi connectivity index (χ1n) is 7.67. The van der Waals surface area contributed by atoms with Gasteiger partial charge in [-0.2, -0.15) is 0 Å². The number of halogens is 2. The fourth-order valence-corrected chi connectivity index (χ4v) is 3.54. The van der Waals surface area contributed by atoms with Gasteiger partial charge < -0.3 is 10.6 Å². The molecule has 0 aliphatic heterocycles. The van der Waals surface area contributed by atoms with Crippen LogP contribution in [0.4, 0.5) is 8.78 Å². The zero-order chi connectivity index (χ0) is 17.2. The molecule has 24 heavy (non-hydrogen) atoms. The Balaban J connectivity index is 1.78. The molecule has 0 amide bonds. The monoisotopic (exact) mass is 370 g/mol. The molecule has 1 heterocycles. The quantitative estimate of drug-likeness (QED) is 0.322. The van der Waals surface area contributed by atoms with E-state index in [9.17, 15) is 8.78 Å². The van der Waals surface area contributed by atoms with E-state index in [2.05, 4.69) is 20.6 Å². The highest BCUT2D eigenvalue weighted by Crippen LogP contribution is 2.20. The second kappa shape index (κ2) is 10.2. The van der Waals surface area contributed by atoms with Crippen molar-refractivity contribution in [1.29, 1.82) is 0 Å². The van der Waals surface area contributed by atoms with Crippen LogP contribution >= 0.6 is 23.1 Å². The molecule has 0 saturated heterocycles. The van der Waals surface area contributed by atoms with Gasteiger partial charge in [0.25, 0.3) is 0 Å². The highest BCUT2D eigenvalue weighted by Gasteiger charge is 2.04. The molecule has 0 saturated carbocycles. The number of hydrogen-bond donors (Lipinski definition) is 2. The van der Waals surface area contributed by atoms with Gasteiger partial charge in [0.05, 0.1) is 6.54 Å². The Morgan fingerprint density at radius 3 is 2.96 bits per heavy atom. The van der Waals surface area contributed by atoms with Gasteiger partial charge in [0, 0.05) is 36.0 Å². The lowest BCUT2D eigenvalue weighted by molar-refractivity contribution is 0.585. The molecule has 0 unspecified atom stereocenters. The van der Waals surface area contributed by atoms with Crippen LogP contribution in [0.25, 0.3) is 0 Å². The van der Waals surface area contributed by atoms with Crippen molar-refractivity contribution < 1.29 is 8.78 Å². The Morgan fingerprint density at radius 1 is 1.33 bits per heavy atom. The van der Waals surface area contributed by atoms with Gasteiger partial charge in [0.1, 0.15) is 16.0 Å². The first-order valence-corrected chi connectivity index (χ1v) is 9.54. The van der Waals surface area contributed by atoms with Crippen molar-refractivity contribution in [1.82, 2.24) is 15.6 Å². The normalized spacial score (nSPS) is 11.5. The third kappa shape index (κ3) is 6.45. The Morgan fingerprint density at radius 2 is 2.21 bits per heavy atom. The summed E-state index contributed by atoms with van der Waals surface area (Å²) in [6, 6.07) is 3.40. The summed E-state index contributed by atoms with van der Waals surface area (Å²) >= 11 is 3.35. The van der Waals surface area contributed by atoms with Crippen molar-refractivity contribution in [3.63, 3.8) is 0 Å². The topological polar surface area (TPSA) is 49.3 Å². The van der Waals surface area contributed by atoms with Gasteiger partial charge in [-0.3, -0.25) is 0 Å². The maximum atomic E-state index is 13.6. The molecule has 130 valence electrons. The predicted molar refractivity (Wildman–Crippen MR) is 96.6 cm³/mol. The number of hydrogen-bond acceptors (Lipinski definition) is 4. The number of rotatable bonds is 8. The van der Waals surface area contributed by atoms with Gasteiger partial charge in [-0.05, 0) is 31.5 Å². The summed E-state index contributed by atoms with van der Waals surface area (Å²) in [5.74, 6) is 0.647. The minimum Gasteiger partial charge on any atom is -0.357 e. The van der Waals surface area contributed by atoms with E-state index in [-0.39, 0.29) is 12.1 Å². The molecule has 0 aliphatic carbocycles. The molecule has 8 heteroatoms. The highest BCUT2D eigenvalue weighted by molar-refractivity contribution is 8.00. The number of benzene rings is 1. The van der Waals surface area contributed by atoms with E-state index in [4.69, 9.17) is 0 Å². The van der Waals surface area contributed by atoms with Gasteiger partial charge in [-0.25, -0.2) is 18.8 Å². The fraction of sp³-hybridized carbons (Fsp3) is 0.375. The van der Waals surface area contributed by atoms with E-state index in [1.165, 1.54) is 6.07 Å². The molecule has 1 aromatic carbocycles. The van der Waals surface area contributed by atoms with E-state index < -0.39 is 11.6 Å². The Bertz CT molecular complexity index is 648. The lowest BCUT2D eigenvalue weighted by Crippen LogP contribution is -2.37. The highest BCUT2D eigenvalue weighted by atomic mass is 32.2. The Kier molecular flexibility index (Phi) is 7.97. The van der Waals surface area contributed by atoms with Crippen molar-refractivity contribution in [2.45, 2.75) is 24.2 Å². The SMILES string of the molecule is CCNC(=NCc1cc(F)ccc1F)NCCCSc1nccs1. The maximum absolute atomic E-state index is 13.6. The third-order valence-corrected chi connectivity index (χ3v) is 5.06. The molecule has 0 radical (unpaired) electrons. The molecule has 2 rings (SSSR count). The number of nitrogens with zero attached hydrogens (tertiary/aromatic N) is 2. The van der Waals surface area contributed by atoms with Crippen LogP contribution in [0, 0.1) is 11.6 Å². The summed E-state index contributed by atoms with van der Waals surface area (Å²) < 4.78 is 27.8. The average Bonchev–Trinajstić information content (AvgIpc) is 3.08. The van der Waals surface area contributed by atoms with E-state index in [0.717, 1.165) is 35.2 Å². The summed E-state index contributed by atoms with van der Waals surface area (Å²) in [6.45, 7) is 3.49. The van der Waals surface area contributed by atoms with Gasteiger partial charge in [0.2, 0.25) is 0 Å². The fourth-order valence-electron chi connectivity index (χ4n) is 1.89. The number of nitrogens with one attached hydrogen (secondary N) is 2. The van der Waals surface area contributed by atoms with Crippen molar-refractivity contribution in [2.75, 3.05) is 18.8 Å². The first-order chi connectivity index (χ1) is 11.7. The standard InChI is InChI=1S/C16H20F2N4S2/c1-2-19-15(20-6-3-8-23-16-21-7-9-24-16)22-11-12-10-13(17)4-5-14(12)18/h4-5,7,9-10H,2-3,6,8,11H2,1H3,(H2,19,20,22). The molecule has 0 bridgehead atoms. The summed E-state index contributed by atoms with van der Waals surface area (Å²) in [5, 5.41) is 8.25. The molecule has 0 atom stereocenters. The summed E-state index contributed by atoms with van der Waals surface area (Å²) in [6.07, 6.45) is 2.75. The third-order valence-electron chi connectivity index (χ3n) is 3.01. The average molecular weight is 370 g/mol. The summed E-state index contributed by atoms with van der Waals surface area (Å²) in [4.78, 5) is 8.52. The van der Waals surface area contributed by atoms with Crippen LogP contribution in [0.1, 0.15) is 18.9 Å². The van der Waals surface area contributed by atoms with Gasteiger partial charge in [-0.1, -0.05) is 11.8 Å². The van der Waals surface area contributed by atoms with Crippen molar-refractivity contribution in [3.8, 4) is 0 Å². The first kappa shape index (κ1) is 18.7. The molecule has 4 nitrogen and oxygen atoms in total. The van der Waals surface area contributed by atoms with Gasteiger partial charge in [0.15, 0.2) is 5.96 Å². The predicted octanol–water partition coefficient (Wildman–Crippen LogP) is 3.66. The minimum absolute atomic E-state index is 0.0901. The van der Waals surface area contributed by atoms with Crippen LogP contribution in [0.3, 0.4) is 0 Å². The number of guanidine groups is 1. The molecule has 2 N–H and O–H groups in total. The second-order valence-electron chi connectivity index (χ2n) is 4.86. The molecule has 0 aliphatic rings. The van der Waals surface area contributed by atoms with E-state index in [1.54, 1.807) is 29.3 Å². The van der Waals surface area contributed by atoms with Crippen LogP contribution in [0.15, 0.2) is 39.1 Å². The molecular formula is C16H20F2N4S2. The van der Waals surface area contributed by atoms with E-state index in [0.29, 0.717) is 12.5 Å². The minimum atomic E-state index is -0.459. The lowest BCUT2D eigenvalue weighted by Gasteiger charge is -2.11. The van der Waals surface area contributed by atoms with Crippen molar-refractivity contribution >= 4 is 29.1 Å². The lowest BCUT2D eigenvalue weighted by atomic mass is 10.2. The van der Waals surface area contributed by atoms with Crippen LogP contribution in [0.2, 0.25) is 0 Å². The number of thiazole rings is 1. The van der Waals surface area contributed by atoms with Crippen LogP contribution in [-0.4, -0.2) is 29.8 Å². The van der Waals surface area contributed by atoms with Crippen LogP contribution in [0.5, 0.6) is 0 Å². The molecule has 0 spiro atoms. The second-order valence-corrected chi connectivity index (χ2v) is 7.09. The largest absolute Gasteiger partial charge is 0.357 e. The number of thioether (sulfide) groups is 1. The van der Waals surface area contributed by atoms with Crippen LogP contribution in [-0.2, 0) is 6.54 Å². The summed E-state index contributed by atoms with van der Waals surface area (Å²) in [7, 11) is 0. The summed E-state index contributed by atoms with van der Waals surface area (Å²) in [5.41, 5.74) is 0.242. The number of aliphatic imine (C=N–C) groups is 1. The Hall–Kier alpha value is -1.67. The van der Waals surface area contributed by atoms with Gasteiger partial charge in [-0.15, -0.1) is 11.3 Å². The molecular weight excluding hydrogens is 350 g/mol. The molecule has 0 fully saturated rings.